The van der Waals surface area contributed by atoms with Crippen molar-refractivity contribution < 1.29 is 23.1 Å². The summed E-state index contributed by atoms with van der Waals surface area (Å²) in [5.41, 5.74) is 2.41. The molecule has 0 bridgehead atoms. The van der Waals surface area contributed by atoms with Crippen LogP contribution >= 0.6 is 0 Å². The predicted octanol–water partition coefficient (Wildman–Crippen LogP) is 6.24. The Bertz CT molecular complexity index is 1700. The fourth-order valence-electron chi connectivity index (χ4n) is 4.51. The average Bonchev–Trinajstić information content (AvgIpc) is 3.65. The number of amides is 2. The Morgan fingerprint density at radius 1 is 1.10 bits per heavy atom. The third-order valence-corrected chi connectivity index (χ3v) is 6.74. The molecule has 5 rings (SSSR count). The summed E-state index contributed by atoms with van der Waals surface area (Å²) in [4.78, 5) is 27.6. The van der Waals surface area contributed by atoms with Crippen molar-refractivity contribution in [1.82, 2.24) is 14.7 Å². The minimum atomic E-state index is -0.690. The molecule has 0 fully saturated rings. The molecule has 0 saturated heterocycles. The van der Waals surface area contributed by atoms with Gasteiger partial charge in [-0.3, -0.25) is 14.5 Å². The molecule has 2 aromatic carbocycles. The predicted molar refractivity (Wildman–Crippen MR) is 150 cm³/mol. The molecule has 41 heavy (non-hydrogen) atoms. The van der Waals surface area contributed by atoms with Gasteiger partial charge in [0.05, 0.1) is 25.1 Å². The van der Waals surface area contributed by atoms with Gasteiger partial charge in [0, 0.05) is 22.9 Å². The van der Waals surface area contributed by atoms with Crippen molar-refractivity contribution in [3.63, 3.8) is 0 Å². The topological polar surface area (TPSA) is 101 Å². The van der Waals surface area contributed by atoms with E-state index in [0.717, 1.165) is 23.4 Å². The van der Waals surface area contributed by atoms with Gasteiger partial charge in [0.2, 0.25) is 0 Å². The number of carbonyl (C=O) groups is 2. The maximum absolute atomic E-state index is 15.1. The van der Waals surface area contributed by atoms with Crippen molar-refractivity contribution in [2.45, 2.75) is 33.2 Å². The van der Waals surface area contributed by atoms with Crippen molar-refractivity contribution in [3.8, 4) is 28.8 Å². The lowest BCUT2D eigenvalue weighted by Gasteiger charge is -2.26. The molecule has 0 radical (unpaired) electrons. The van der Waals surface area contributed by atoms with Gasteiger partial charge in [-0.25, -0.2) is 9.07 Å². The van der Waals surface area contributed by atoms with Crippen molar-refractivity contribution in [2.75, 3.05) is 6.61 Å². The highest BCUT2D eigenvalue weighted by Crippen LogP contribution is 2.33. The number of nitrogens with zero attached hydrogens (tertiary/aromatic N) is 4. The summed E-state index contributed by atoms with van der Waals surface area (Å²) >= 11 is 0. The van der Waals surface area contributed by atoms with Crippen molar-refractivity contribution in [1.29, 1.82) is 5.26 Å². The van der Waals surface area contributed by atoms with Crippen LogP contribution in [0, 0.1) is 17.1 Å². The number of nitriles is 1. The van der Waals surface area contributed by atoms with E-state index in [1.54, 1.807) is 48.1 Å². The van der Waals surface area contributed by atoms with Gasteiger partial charge < -0.3 is 9.15 Å². The molecule has 0 N–H and O–H groups in total. The Hall–Kier alpha value is -5.23. The smallest absolute Gasteiger partial charge is 0.272 e. The molecule has 206 valence electrons. The summed E-state index contributed by atoms with van der Waals surface area (Å²) in [5, 5.41) is 14.5. The Morgan fingerprint density at radius 2 is 1.90 bits per heavy atom. The standard InChI is InChI=1S/C32H27FN4O4/c1-3-4-14-41-29-13-12-22(17-28(29)33)30-23(19-37(35-30)24-9-6-5-7-10-24)16-26-21(2)27(18-34)32(39)36(31(26)38)20-25-11-8-15-40-25/h5-13,15-17,19H,3-4,14,20H2,1-2H3/b26-16+. The van der Waals surface area contributed by atoms with E-state index in [-0.39, 0.29) is 29.0 Å². The van der Waals surface area contributed by atoms with Gasteiger partial charge in [-0.2, -0.15) is 10.4 Å². The van der Waals surface area contributed by atoms with E-state index < -0.39 is 17.6 Å². The van der Waals surface area contributed by atoms with Gasteiger partial charge >= 0.3 is 0 Å². The molecule has 3 heterocycles. The van der Waals surface area contributed by atoms with E-state index in [2.05, 4.69) is 0 Å². The zero-order chi connectivity index (χ0) is 28.9. The van der Waals surface area contributed by atoms with E-state index in [1.807, 2.05) is 43.3 Å². The van der Waals surface area contributed by atoms with Crippen LogP contribution in [-0.4, -0.2) is 33.1 Å². The molecular weight excluding hydrogens is 523 g/mol. The van der Waals surface area contributed by atoms with E-state index in [4.69, 9.17) is 14.3 Å². The van der Waals surface area contributed by atoms with Crippen LogP contribution in [0.15, 0.2) is 94.3 Å². The fourth-order valence-corrected chi connectivity index (χ4v) is 4.51. The number of para-hydroxylation sites is 1. The first kappa shape index (κ1) is 27.3. The van der Waals surface area contributed by atoms with Gasteiger partial charge in [-0.05, 0) is 67.5 Å². The summed E-state index contributed by atoms with van der Waals surface area (Å²) in [6, 6.07) is 19.2. The number of ether oxygens (including phenoxy) is 1. The van der Waals surface area contributed by atoms with Crippen molar-refractivity contribution in [3.05, 3.63) is 107 Å². The Balaban J connectivity index is 1.62. The second-order valence-corrected chi connectivity index (χ2v) is 9.51. The number of rotatable bonds is 9. The third-order valence-electron chi connectivity index (χ3n) is 6.74. The fraction of sp³-hybridized carbons (Fsp3) is 0.188. The van der Waals surface area contributed by atoms with E-state index in [0.29, 0.717) is 29.2 Å². The molecule has 2 amide bonds. The highest BCUT2D eigenvalue weighted by atomic mass is 19.1. The van der Waals surface area contributed by atoms with Crippen LogP contribution in [0.5, 0.6) is 5.75 Å². The summed E-state index contributed by atoms with van der Waals surface area (Å²) in [6.07, 6.45) is 6.49. The van der Waals surface area contributed by atoms with Crippen LogP contribution in [-0.2, 0) is 16.1 Å². The molecule has 2 aromatic heterocycles. The van der Waals surface area contributed by atoms with Crippen molar-refractivity contribution in [2.24, 2.45) is 0 Å². The summed E-state index contributed by atoms with van der Waals surface area (Å²) in [6.45, 7) is 3.88. The number of benzene rings is 2. The molecule has 0 atom stereocenters. The molecule has 1 aliphatic rings. The summed E-state index contributed by atoms with van der Waals surface area (Å²) in [5.74, 6) is -1.25. The monoisotopic (exact) mass is 550 g/mol. The van der Waals surface area contributed by atoms with Crippen LogP contribution in [0.2, 0.25) is 0 Å². The van der Waals surface area contributed by atoms with Gasteiger partial charge in [-0.1, -0.05) is 31.5 Å². The first-order chi connectivity index (χ1) is 19.9. The van der Waals surface area contributed by atoms with E-state index in [1.165, 1.54) is 12.3 Å². The number of imide groups is 1. The van der Waals surface area contributed by atoms with Crippen LogP contribution in [0.25, 0.3) is 23.0 Å². The van der Waals surface area contributed by atoms with Crippen molar-refractivity contribution >= 4 is 17.9 Å². The van der Waals surface area contributed by atoms with Gasteiger partial charge in [0.25, 0.3) is 11.8 Å². The van der Waals surface area contributed by atoms with Gasteiger partial charge in [0.1, 0.15) is 23.1 Å². The van der Waals surface area contributed by atoms with Gasteiger partial charge in [-0.15, -0.1) is 0 Å². The number of aromatic nitrogens is 2. The SMILES string of the molecule is CCCCOc1ccc(-c2nn(-c3ccccc3)cc2/C=C2/C(=O)N(Cc3ccco3)C(=O)C(C#N)=C2C)cc1F. The molecule has 8 nitrogen and oxygen atoms in total. The molecular formula is C32H27FN4O4. The van der Waals surface area contributed by atoms with Crippen LogP contribution in [0.4, 0.5) is 4.39 Å². The minimum absolute atomic E-state index is 0.124. The molecule has 0 aliphatic carbocycles. The Morgan fingerprint density at radius 3 is 2.59 bits per heavy atom. The van der Waals surface area contributed by atoms with E-state index in [9.17, 15) is 14.9 Å². The minimum Gasteiger partial charge on any atom is -0.491 e. The van der Waals surface area contributed by atoms with E-state index >= 15 is 4.39 Å². The molecule has 0 saturated carbocycles. The van der Waals surface area contributed by atoms with Gasteiger partial charge in [0.15, 0.2) is 11.6 Å². The average molecular weight is 551 g/mol. The largest absolute Gasteiger partial charge is 0.491 e. The van der Waals surface area contributed by atoms with Crippen LogP contribution < -0.4 is 4.74 Å². The number of hydrogen-bond acceptors (Lipinski definition) is 6. The first-order valence-corrected chi connectivity index (χ1v) is 13.2. The number of carbonyl (C=O) groups excluding carboxylic acids is 2. The summed E-state index contributed by atoms with van der Waals surface area (Å²) in [7, 11) is 0. The molecule has 4 aromatic rings. The second-order valence-electron chi connectivity index (χ2n) is 9.51. The maximum Gasteiger partial charge on any atom is 0.272 e. The molecule has 9 heteroatoms. The molecule has 0 spiro atoms. The highest BCUT2D eigenvalue weighted by Gasteiger charge is 2.36. The quantitative estimate of drug-likeness (QED) is 0.139. The lowest BCUT2D eigenvalue weighted by molar-refractivity contribution is -0.141. The third kappa shape index (κ3) is 5.58. The zero-order valence-corrected chi connectivity index (χ0v) is 22.6. The lowest BCUT2D eigenvalue weighted by Crippen LogP contribution is -2.42. The second kappa shape index (κ2) is 11.9. The maximum atomic E-state index is 15.1. The highest BCUT2D eigenvalue weighted by molar-refractivity contribution is 6.19. The zero-order valence-electron chi connectivity index (χ0n) is 22.6. The Labute approximate surface area is 236 Å². The first-order valence-electron chi connectivity index (χ1n) is 13.2. The number of hydrogen-bond donors (Lipinski definition) is 0. The normalized spacial score (nSPS) is 14.6. The van der Waals surface area contributed by atoms with Crippen LogP contribution in [0.1, 0.15) is 38.0 Å². The van der Waals surface area contributed by atoms with Crippen LogP contribution in [0.3, 0.4) is 0 Å². The number of halogens is 1. The number of furan rings is 1. The molecule has 0 unspecified atom stereocenters. The number of unbranched alkanes of at least 4 members (excludes halogenated alkanes) is 1. The Kier molecular flexibility index (Phi) is 7.92. The summed E-state index contributed by atoms with van der Waals surface area (Å²) < 4.78 is 27.6. The molecule has 1 aliphatic heterocycles. The lowest BCUT2D eigenvalue weighted by atomic mass is 9.93.